The molecule has 0 saturated carbocycles. The van der Waals surface area contributed by atoms with Crippen molar-refractivity contribution in [3.05, 3.63) is 90.0 Å². The van der Waals surface area contributed by atoms with Crippen molar-refractivity contribution >= 4 is 5.97 Å². The first-order valence-electron chi connectivity index (χ1n) is 8.41. The molecule has 0 unspecified atom stereocenters. The lowest BCUT2D eigenvalue weighted by Crippen LogP contribution is -2.05. The predicted molar refractivity (Wildman–Crippen MR) is 100 cm³/mol. The van der Waals surface area contributed by atoms with Crippen LogP contribution in [0.5, 0.6) is 5.75 Å². The summed E-state index contributed by atoms with van der Waals surface area (Å²) in [7, 11) is 0. The molecule has 0 fully saturated rings. The minimum Gasteiger partial charge on any atom is -0.491 e. The number of hydrogen-bond donors (Lipinski definition) is 1. The van der Waals surface area contributed by atoms with Crippen LogP contribution in [0.25, 0.3) is 11.1 Å². The molecule has 0 aliphatic carbocycles. The summed E-state index contributed by atoms with van der Waals surface area (Å²) in [5.41, 5.74) is 3.50. The van der Waals surface area contributed by atoms with Gasteiger partial charge >= 0.3 is 5.97 Å². The van der Waals surface area contributed by atoms with Gasteiger partial charge in [-0.3, -0.25) is 0 Å². The Morgan fingerprint density at radius 2 is 1.42 bits per heavy atom. The zero-order valence-corrected chi connectivity index (χ0v) is 14.3. The summed E-state index contributed by atoms with van der Waals surface area (Å²) >= 11 is 0. The zero-order valence-electron chi connectivity index (χ0n) is 14.3. The van der Waals surface area contributed by atoms with Crippen LogP contribution in [0.15, 0.2) is 78.9 Å². The zero-order chi connectivity index (χ0) is 18.2. The SMILES string of the molecule is O=C(OCc1ccccc1)c1ccc(-c2ccc(OCCO)cc2)cc1. The molecule has 3 aromatic rings. The number of aliphatic hydroxyl groups excluding tert-OH is 1. The molecule has 0 radical (unpaired) electrons. The largest absolute Gasteiger partial charge is 0.491 e. The summed E-state index contributed by atoms with van der Waals surface area (Å²) in [6, 6.07) is 24.5. The molecule has 3 rings (SSSR count). The van der Waals surface area contributed by atoms with Crippen molar-refractivity contribution in [2.75, 3.05) is 13.2 Å². The maximum atomic E-state index is 12.2. The summed E-state index contributed by atoms with van der Waals surface area (Å²) in [6.45, 7) is 0.527. The molecular weight excluding hydrogens is 328 g/mol. The van der Waals surface area contributed by atoms with Gasteiger partial charge in [0.2, 0.25) is 0 Å². The molecule has 1 N–H and O–H groups in total. The van der Waals surface area contributed by atoms with E-state index >= 15 is 0 Å². The number of ether oxygens (including phenoxy) is 2. The number of esters is 1. The van der Waals surface area contributed by atoms with Gasteiger partial charge in [0.05, 0.1) is 12.2 Å². The second kappa shape index (κ2) is 8.83. The fourth-order valence-corrected chi connectivity index (χ4v) is 2.51. The molecule has 132 valence electrons. The van der Waals surface area contributed by atoms with Crippen LogP contribution in [0.1, 0.15) is 15.9 Å². The molecule has 0 spiro atoms. The first-order valence-corrected chi connectivity index (χ1v) is 8.41. The van der Waals surface area contributed by atoms with Crippen LogP contribution in [0, 0.1) is 0 Å². The highest BCUT2D eigenvalue weighted by molar-refractivity contribution is 5.90. The smallest absolute Gasteiger partial charge is 0.338 e. The summed E-state index contributed by atoms with van der Waals surface area (Å²) in [6.07, 6.45) is 0. The van der Waals surface area contributed by atoms with Gasteiger partial charge in [-0.05, 0) is 41.0 Å². The van der Waals surface area contributed by atoms with Gasteiger partial charge < -0.3 is 14.6 Å². The molecule has 4 nitrogen and oxygen atoms in total. The van der Waals surface area contributed by atoms with E-state index in [0.29, 0.717) is 11.3 Å². The standard InChI is InChI=1S/C22H20O4/c23-14-15-25-21-12-10-19(11-13-21)18-6-8-20(9-7-18)22(24)26-16-17-4-2-1-3-5-17/h1-13,23H,14-16H2. The maximum Gasteiger partial charge on any atom is 0.338 e. The van der Waals surface area contributed by atoms with Gasteiger partial charge in [-0.15, -0.1) is 0 Å². The monoisotopic (exact) mass is 348 g/mol. The van der Waals surface area contributed by atoms with E-state index in [0.717, 1.165) is 16.7 Å². The predicted octanol–water partition coefficient (Wildman–Crippen LogP) is 4.08. The summed E-state index contributed by atoms with van der Waals surface area (Å²) in [5.74, 6) is 0.372. The van der Waals surface area contributed by atoms with Crippen LogP contribution >= 0.6 is 0 Å². The fraction of sp³-hybridized carbons (Fsp3) is 0.136. The van der Waals surface area contributed by atoms with E-state index < -0.39 is 0 Å². The van der Waals surface area contributed by atoms with E-state index in [9.17, 15) is 4.79 Å². The van der Waals surface area contributed by atoms with E-state index in [1.807, 2.05) is 66.7 Å². The quantitative estimate of drug-likeness (QED) is 0.654. The van der Waals surface area contributed by atoms with Gasteiger partial charge in [-0.1, -0.05) is 54.6 Å². The van der Waals surface area contributed by atoms with E-state index in [4.69, 9.17) is 14.6 Å². The van der Waals surface area contributed by atoms with Gasteiger partial charge in [0.1, 0.15) is 19.0 Å². The summed E-state index contributed by atoms with van der Waals surface area (Å²) in [5, 5.41) is 8.77. The normalized spacial score (nSPS) is 10.3. The van der Waals surface area contributed by atoms with E-state index in [-0.39, 0.29) is 25.8 Å². The second-order valence-corrected chi connectivity index (χ2v) is 5.74. The third kappa shape index (κ3) is 4.71. The van der Waals surface area contributed by atoms with Crippen molar-refractivity contribution in [3.63, 3.8) is 0 Å². The van der Waals surface area contributed by atoms with Crippen LogP contribution in [0.4, 0.5) is 0 Å². The lowest BCUT2D eigenvalue weighted by Gasteiger charge is -2.08. The average molecular weight is 348 g/mol. The van der Waals surface area contributed by atoms with Crippen LogP contribution in [-0.4, -0.2) is 24.3 Å². The van der Waals surface area contributed by atoms with Crippen molar-refractivity contribution in [1.82, 2.24) is 0 Å². The molecule has 0 amide bonds. The number of carbonyl (C=O) groups is 1. The summed E-state index contributed by atoms with van der Waals surface area (Å²) in [4.78, 5) is 12.2. The molecule has 0 aromatic heterocycles. The van der Waals surface area contributed by atoms with Gasteiger partial charge in [0.15, 0.2) is 0 Å². The Morgan fingerprint density at radius 1 is 0.808 bits per heavy atom. The van der Waals surface area contributed by atoms with Crippen molar-refractivity contribution < 1.29 is 19.4 Å². The van der Waals surface area contributed by atoms with Gasteiger partial charge in [-0.25, -0.2) is 4.79 Å². The van der Waals surface area contributed by atoms with Gasteiger partial charge in [0, 0.05) is 0 Å². The fourth-order valence-electron chi connectivity index (χ4n) is 2.51. The van der Waals surface area contributed by atoms with Crippen LogP contribution in [0.2, 0.25) is 0 Å². The molecule has 4 heteroatoms. The van der Waals surface area contributed by atoms with Gasteiger partial charge in [-0.2, -0.15) is 0 Å². The number of rotatable bonds is 7. The molecule has 0 bridgehead atoms. The van der Waals surface area contributed by atoms with E-state index in [1.54, 1.807) is 12.1 Å². The van der Waals surface area contributed by atoms with Crippen molar-refractivity contribution in [1.29, 1.82) is 0 Å². The molecule has 0 aliphatic rings. The van der Waals surface area contributed by atoms with Crippen molar-refractivity contribution in [2.45, 2.75) is 6.61 Å². The topological polar surface area (TPSA) is 55.8 Å². The Kier molecular flexibility index (Phi) is 6.01. The molecule has 0 aliphatic heterocycles. The molecule has 0 atom stereocenters. The third-order valence-electron chi connectivity index (χ3n) is 3.88. The molecule has 0 saturated heterocycles. The Bertz CT molecular complexity index is 824. The third-order valence-corrected chi connectivity index (χ3v) is 3.88. The summed E-state index contributed by atoms with van der Waals surface area (Å²) < 4.78 is 10.7. The highest BCUT2D eigenvalue weighted by Crippen LogP contribution is 2.23. The number of aliphatic hydroxyl groups is 1. The lowest BCUT2D eigenvalue weighted by atomic mass is 10.0. The van der Waals surface area contributed by atoms with Crippen molar-refractivity contribution in [3.8, 4) is 16.9 Å². The van der Waals surface area contributed by atoms with Crippen LogP contribution in [0.3, 0.4) is 0 Å². The average Bonchev–Trinajstić information content (AvgIpc) is 2.72. The first kappa shape index (κ1) is 17.7. The number of benzene rings is 3. The highest BCUT2D eigenvalue weighted by Gasteiger charge is 2.08. The first-order chi connectivity index (χ1) is 12.8. The minimum atomic E-state index is -0.340. The van der Waals surface area contributed by atoms with Crippen LogP contribution in [-0.2, 0) is 11.3 Å². The van der Waals surface area contributed by atoms with Crippen molar-refractivity contribution in [2.24, 2.45) is 0 Å². The highest BCUT2D eigenvalue weighted by atomic mass is 16.5. The Hall–Kier alpha value is -3.11. The lowest BCUT2D eigenvalue weighted by molar-refractivity contribution is 0.0472. The Morgan fingerprint density at radius 3 is 2.04 bits per heavy atom. The number of hydrogen-bond acceptors (Lipinski definition) is 4. The Balaban J connectivity index is 1.61. The molecule has 26 heavy (non-hydrogen) atoms. The number of carbonyl (C=O) groups excluding carboxylic acids is 1. The molecule has 3 aromatic carbocycles. The molecule has 0 heterocycles. The maximum absolute atomic E-state index is 12.2. The minimum absolute atomic E-state index is 0.0103. The Labute approximate surface area is 152 Å². The molecular formula is C22H20O4. The van der Waals surface area contributed by atoms with E-state index in [2.05, 4.69) is 0 Å². The second-order valence-electron chi connectivity index (χ2n) is 5.74. The van der Waals surface area contributed by atoms with Crippen LogP contribution < -0.4 is 4.74 Å². The van der Waals surface area contributed by atoms with Gasteiger partial charge in [0.25, 0.3) is 0 Å². The van der Waals surface area contributed by atoms with E-state index in [1.165, 1.54) is 0 Å².